The number of hydrogen-bond acceptors (Lipinski definition) is 4. The van der Waals surface area contributed by atoms with Crippen molar-refractivity contribution < 1.29 is 9.15 Å². The summed E-state index contributed by atoms with van der Waals surface area (Å²) in [7, 11) is 0. The normalized spacial score (nSPS) is 10.0. The van der Waals surface area contributed by atoms with Crippen molar-refractivity contribution in [1.82, 2.24) is 0 Å². The summed E-state index contributed by atoms with van der Waals surface area (Å²) >= 11 is 0. The summed E-state index contributed by atoms with van der Waals surface area (Å²) in [6.45, 7) is 2.39. The molecule has 12 heavy (non-hydrogen) atoms. The Labute approximate surface area is 70.1 Å². The van der Waals surface area contributed by atoms with E-state index in [0.29, 0.717) is 12.2 Å². The molecular weight excluding hydrogens is 156 g/mol. The van der Waals surface area contributed by atoms with Crippen LogP contribution in [0.2, 0.25) is 0 Å². The van der Waals surface area contributed by atoms with Crippen molar-refractivity contribution in [2.24, 2.45) is 4.99 Å². The SMILES string of the molecule is CCO/C=N/c1occc1C#N. The Morgan fingerprint density at radius 2 is 2.67 bits per heavy atom. The summed E-state index contributed by atoms with van der Waals surface area (Å²) in [6, 6.07) is 3.49. The second-order valence-electron chi connectivity index (χ2n) is 1.94. The van der Waals surface area contributed by atoms with Crippen molar-refractivity contribution in [1.29, 1.82) is 5.26 Å². The van der Waals surface area contributed by atoms with Gasteiger partial charge in [-0.25, -0.2) is 0 Å². The van der Waals surface area contributed by atoms with E-state index < -0.39 is 0 Å². The minimum atomic E-state index is 0.283. The van der Waals surface area contributed by atoms with Crippen LogP contribution in [0.15, 0.2) is 21.7 Å². The fourth-order valence-electron chi connectivity index (χ4n) is 0.646. The highest BCUT2D eigenvalue weighted by atomic mass is 16.5. The molecule has 4 heteroatoms. The van der Waals surface area contributed by atoms with Gasteiger partial charge < -0.3 is 9.15 Å². The van der Waals surface area contributed by atoms with Crippen LogP contribution >= 0.6 is 0 Å². The Kier molecular flexibility index (Phi) is 2.91. The molecule has 0 aromatic carbocycles. The molecule has 0 atom stereocenters. The third kappa shape index (κ3) is 1.86. The molecule has 4 nitrogen and oxygen atoms in total. The molecule has 0 aliphatic rings. The molecule has 1 aromatic rings. The third-order valence-electron chi connectivity index (χ3n) is 1.18. The van der Waals surface area contributed by atoms with E-state index in [4.69, 9.17) is 14.4 Å². The maximum absolute atomic E-state index is 8.54. The molecule has 1 heterocycles. The third-order valence-corrected chi connectivity index (χ3v) is 1.18. The first-order valence-electron chi connectivity index (χ1n) is 3.50. The van der Waals surface area contributed by atoms with E-state index in [2.05, 4.69) is 4.99 Å². The van der Waals surface area contributed by atoms with Crippen LogP contribution in [-0.2, 0) is 4.74 Å². The summed E-state index contributed by atoms with van der Waals surface area (Å²) in [6.07, 6.45) is 2.68. The second-order valence-corrected chi connectivity index (χ2v) is 1.94. The van der Waals surface area contributed by atoms with Gasteiger partial charge in [0.1, 0.15) is 11.6 Å². The summed E-state index contributed by atoms with van der Waals surface area (Å²) in [4.78, 5) is 3.79. The molecule has 0 spiro atoms. The van der Waals surface area contributed by atoms with Gasteiger partial charge in [-0.3, -0.25) is 0 Å². The molecular formula is C8H8N2O2. The van der Waals surface area contributed by atoms with E-state index in [1.165, 1.54) is 12.7 Å². The number of nitrogens with zero attached hydrogens (tertiary/aromatic N) is 2. The fourth-order valence-corrected chi connectivity index (χ4v) is 0.646. The molecule has 0 bridgehead atoms. The van der Waals surface area contributed by atoms with Gasteiger partial charge in [-0.05, 0) is 13.0 Å². The molecule has 1 aromatic heterocycles. The van der Waals surface area contributed by atoms with Gasteiger partial charge in [-0.15, -0.1) is 0 Å². The number of furan rings is 1. The molecule has 0 amide bonds. The quantitative estimate of drug-likeness (QED) is 0.506. The van der Waals surface area contributed by atoms with Gasteiger partial charge in [0.15, 0.2) is 6.40 Å². The lowest BCUT2D eigenvalue weighted by Gasteiger charge is -1.89. The Hall–Kier alpha value is -1.76. The zero-order valence-corrected chi connectivity index (χ0v) is 6.65. The van der Waals surface area contributed by atoms with Gasteiger partial charge in [0.25, 0.3) is 0 Å². The largest absolute Gasteiger partial charge is 0.483 e. The van der Waals surface area contributed by atoms with Gasteiger partial charge >= 0.3 is 0 Å². The summed E-state index contributed by atoms with van der Waals surface area (Å²) in [5.74, 6) is 0.283. The average Bonchev–Trinajstić information content (AvgIpc) is 2.52. The number of hydrogen-bond donors (Lipinski definition) is 0. The molecule has 0 fully saturated rings. The maximum atomic E-state index is 8.54. The zero-order chi connectivity index (χ0) is 8.81. The van der Waals surface area contributed by atoms with Crippen molar-refractivity contribution in [3.63, 3.8) is 0 Å². The van der Waals surface area contributed by atoms with Gasteiger partial charge in [0.2, 0.25) is 5.88 Å². The monoisotopic (exact) mass is 164 g/mol. The molecule has 0 radical (unpaired) electrons. The van der Waals surface area contributed by atoms with E-state index in [1.54, 1.807) is 6.07 Å². The highest BCUT2D eigenvalue weighted by Crippen LogP contribution is 2.18. The predicted molar refractivity (Wildman–Crippen MR) is 43.2 cm³/mol. The lowest BCUT2D eigenvalue weighted by molar-refractivity contribution is 0.343. The van der Waals surface area contributed by atoms with Crippen LogP contribution in [0.4, 0.5) is 5.88 Å². The minimum absolute atomic E-state index is 0.283. The lowest BCUT2D eigenvalue weighted by Crippen LogP contribution is -1.83. The first kappa shape index (κ1) is 8.34. The predicted octanol–water partition coefficient (Wildman–Crippen LogP) is 1.85. The van der Waals surface area contributed by atoms with Crippen LogP contribution in [0.5, 0.6) is 0 Å². The highest BCUT2D eigenvalue weighted by Gasteiger charge is 2.01. The van der Waals surface area contributed by atoms with E-state index in [1.807, 2.05) is 13.0 Å². The number of aliphatic imine (C=N–C) groups is 1. The maximum Gasteiger partial charge on any atom is 0.239 e. The molecule has 62 valence electrons. The van der Waals surface area contributed by atoms with Gasteiger partial charge in [-0.2, -0.15) is 10.3 Å². The second kappa shape index (κ2) is 4.19. The minimum Gasteiger partial charge on any atom is -0.483 e. The number of nitriles is 1. The molecule has 0 aliphatic heterocycles. The summed E-state index contributed by atoms with van der Waals surface area (Å²) in [5, 5.41) is 8.54. The van der Waals surface area contributed by atoms with Gasteiger partial charge in [0.05, 0.1) is 12.9 Å². The topological polar surface area (TPSA) is 58.5 Å². The van der Waals surface area contributed by atoms with Gasteiger partial charge in [0, 0.05) is 0 Å². The molecule has 0 saturated heterocycles. The van der Waals surface area contributed by atoms with E-state index in [9.17, 15) is 0 Å². The van der Waals surface area contributed by atoms with Crippen molar-refractivity contribution >= 4 is 12.3 Å². The van der Waals surface area contributed by atoms with E-state index in [0.717, 1.165) is 0 Å². The smallest absolute Gasteiger partial charge is 0.239 e. The van der Waals surface area contributed by atoms with E-state index in [-0.39, 0.29) is 5.88 Å². The Morgan fingerprint density at radius 1 is 1.83 bits per heavy atom. The average molecular weight is 164 g/mol. The van der Waals surface area contributed by atoms with Crippen LogP contribution < -0.4 is 0 Å². The standard InChI is InChI=1S/C8H8N2O2/c1-2-11-6-10-8-7(5-9)3-4-12-8/h3-4,6H,2H2,1H3/b10-6+. The highest BCUT2D eigenvalue weighted by molar-refractivity contribution is 5.56. The molecule has 0 unspecified atom stereocenters. The summed E-state index contributed by atoms with van der Waals surface area (Å²) < 4.78 is 9.75. The Bertz CT molecular complexity index is 309. The first-order valence-corrected chi connectivity index (χ1v) is 3.50. The van der Waals surface area contributed by atoms with Crippen LogP contribution in [-0.4, -0.2) is 13.0 Å². The van der Waals surface area contributed by atoms with Crippen LogP contribution in [0.1, 0.15) is 12.5 Å². The Morgan fingerprint density at radius 3 is 3.33 bits per heavy atom. The van der Waals surface area contributed by atoms with Crippen molar-refractivity contribution in [2.45, 2.75) is 6.92 Å². The molecule has 0 saturated carbocycles. The molecule has 1 rings (SSSR count). The van der Waals surface area contributed by atoms with Crippen molar-refractivity contribution in [3.8, 4) is 6.07 Å². The zero-order valence-electron chi connectivity index (χ0n) is 6.65. The van der Waals surface area contributed by atoms with Gasteiger partial charge in [-0.1, -0.05) is 0 Å². The fraction of sp³-hybridized carbons (Fsp3) is 0.250. The van der Waals surface area contributed by atoms with Crippen LogP contribution in [0.25, 0.3) is 0 Å². The number of ether oxygens (including phenoxy) is 1. The van der Waals surface area contributed by atoms with Crippen molar-refractivity contribution in [3.05, 3.63) is 17.9 Å². The van der Waals surface area contributed by atoms with Crippen molar-refractivity contribution in [2.75, 3.05) is 6.61 Å². The molecule has 0 aliphatic carbocycles. The van der Waals surface area contributed by atoms with E-state index >= 15 is 0 Å². The molecule has 0 N–H and O–H groups in total. The number of rotatable bonds is 3. The first-order chi connectivity index (χ1) is 5.88. The lowest BCUT2D eigenvalue weighted by atomic mass is 10.3. The van der Waals surface area contributed by atoms with Crippen LogP contribution in [0, 0.1) is 11.3 Å². The van der Waals surface area contributed by atoms with Crippen LogP contribution in [0.3, 0.4) is 0 Å². The Balaban J connectivity index is 2.69. The summed E-state index contributed by atoms with van der Waals surface area (Å²) in [5.41, 5.74) is 0.408.